The van der Waals surface area contributed by atoms with Crippen LogP contribution in [0.25, 0.3) is 0 Å². The summed E-state index contributed by atoms with van der Waals surface area (Å²) < 4.78 is 5.58. The van der Waals surface area contributed by atoms with Crippen molar-refractivity contribution < 1.29 is 9.84 Å². The van der Waals surface area contributed by atoms with Gasteiger partial charge >= 0.3 is 0 Å². The quantitative estimate of drug-likeness (QED) is 0.822. The first-order chi connectivity index (χ1) is 10.1. The summed E-state index contributed by atoms with van der Waals surface area (Å²) in [6.45, 7) is 5.65. The van der Waals surface area contributed by atoms with Crippen molar-refractivity contribution in [3.8, 4) is 5.75 Å². The smallest absolute Gasteiger partial charge is 0.119 e. The molecule has 1 atom stereocenters. The second kappa shape index (κ2) is 7.81. The van der Waals surface area contributed by atoms with Gasteiger partial charge in [-0.2, -0.15) is 0 Å². The van der Waals surface area contributed by atoms with E-state index in [4.69, 9.17) is 4.74 Å². The van der Waals surface area contributed by atoms with Crippen LogP contribution >= 0.6 is 0 Å². The van der Waals surface area contributed by atoms with E-state index in [9.17, 15) is 5.11 Å². The first-order valence-corrected chi connectivity index (χ1v) is 7.27. The van der Waals surface area contributed by atoms with Gasteiger partial charge in [0.05, 0.1) is 0 Å². The third kappa shape index (κ3) is 5.58. The van der Waals surface area contributed by atoms with E-state index in [1.165, 1.54) is 11.1 Å². The lowest BCUT2D eigenvalue weighted by atomic mass is 10.1. The van der Waals surface area contributed by atoms with E-state index in [1.54, 1.807) is 0 Å². The molecule has 0 aliphatic heterocycles. The standard InChI is InChI=1S/C18H23NO2/c1-14-6-8-16(9-7-14)11-19-12-17(20)13-21-18-5-3-4-15(2)10-18/h3-10,17,19-20H,11-13H2,1-2H3. The Labute approximate surface area is 126 Å². The molecule has 2 aromatic rings. The van der Waals surface area contributed by atoms with Crippen molar-refractivity contribution in [2.24, 2.45) is 0 Å². The first-order valence-electron chi connectivity index (χ1n) is 7.27. The zero-order valence-electron chi connectivity index (χ0n) is 12.7. The number of aryl methyl sites for hydroxylation is 2. The third-order valence-corrected chi connectivity index (χ3v) is 3.26. The fourth-order valence-electron chi connectivity index (χ4n) is 2.05. The Morgan fingerprint density at radius 3 is 2.52 bits per heavy atom. The molecule has 1 unspecified atom stereocenters. The van der Waals surface area contributed by atoms with Crippen molar-refractivity contribution >= 4 is 0 Å². The van der Waals surface area contributed by atoms with E-state index < -0.39 is 6.10 Å². The van der Waals surface area contributed by atoms with Crippen LogP contribution in [0, 0.1) is 13.8 Å². The monoisotopic (exact) mass is 285 g/mol. The number of rotatable bonds is 7. The van der Waals surface area contributed by atoms with Crippen molar-refractivity contribution in [3.63, 3.8) is 0 Å². The number of hydrogen-bond donors (Lipinski definition) is 2. The zero-order chi connectivity index (χ0) is 15.1. The minimum absolute atomic E-state index is 0.296. The van der Waals surface area contributed by atoms with E-state index in [2.05, 4.69) is 36.5 Å². The highest BCUT2D eigenvalue weighted by molar-refractivity contribution is 5.27. The molecule has 2 aromatic carbocycles. The Kier molecular flexibility index (Phi) is 5.78. The fraction of sp³-hybridized carbons (Fsp3) is 0.333. The Morgan fingerprint density at radius 1 is 1.05 bits per heavy atom. The van der Waals surface area contributed by atoms with Crippen LogP contribution in [0.15, 0.2) is 48.5 Å². The van der Waals surface area contributed by atoms with E-state index in [1.807, 2.05) is 31.2 Å². The Morgan fingerprint density at radius 2 is 1.81 bits per heavy atom. The molecule has 2 N–H and O–H groups in total. The summed E-state index contributed by atoms with van der Waals surface area (Å²) in [4.78, 5) is 0. The highest BCUT2D eigenvalue weighted by Crippen LogP contribution is 2.12. The molecule has 0 saturated heterocycles. The molecule has 112 valence electrons. The van der Waals surface area contributed by atoms with Crippen LogP contribution in [-0.4, -0.2) is 24.4 Å². The topological polar surface area (TPSA) is 41.5 Å². The third-order valence-electron chi connectivity index (χ3n) is 3.26. The van der Waals surface area contributed by atoms with Gasteiger partial charge in [0, 0.05) is 13.1 Å². The molecule has 21 heavy (non-hydrogen) atoms. The van der Waals surface area contributed by atoms with Gasteiger partial charge < -0.3 is 15.2 Å². The number of aliphatic hydroxyl groups excluding tert-OH is 1. The molecule has 0 aliphatic carbocycles. The van der Waals surface area contributed by atoms with Crippen molar-refractivity contribution in [2.75, 3.05) is 13.2 Å². The lowest BCUT2D eigenvalue weighted by Crippen LogP contribution is -2.31. The van der Waals surface area contributed by atoms with Crippen LogP contribution < -0.4 is 10.1 Å². The lowest BCUT2D eigenvalue weighted by molar-refractivity contribution is 0.106. The highest BCUT2D eigenvalue weighted by Gasteiger charge is 2.05. The average Bonchev–Trinajstić information content (AvgIpc) is 2.47. The van der Waals surface area contributed by atoms with Crippen LogP contribution in [0.3, 0.4) is 0 Å². The van der Waals surface area contributed by atoms with Gasteiger partial charge in [-0.1, -0.05) is 42.0 Å². The number of benzene rings is 2. The SMILES string of the molecule is Cc1ccc(CNCC(O)COc2cccc(C)c2)cc1. The Balaban J connectivity index is 1.67. The molecule has 2 rings (SSSR count). The van der Waals surface area contributed by atoms with Crippen LogP contribution in [-0.2, 0) is 6.54 Å². The molecule has 0 aromatic heterocycles. The number of ether oxygens (including phenoxy) is 1. The molecule has 0 heterocycles. The molecule has 0 radical (unpaired) electrons. The van der Waals surface area contributed by atoms with Gasteiger partial charge in [0.25, 0.3) is 0 Å². The average molecular weight is 285 g/mol. The van der Waals surface area contributed by atoms with Gasteiger partial charge in [-0.25, -0.2) is 0 Å². The normalized spacial score (nSPS) is 12.1. The van der Waals surface area contributed by atoms with Crippen LogP contribution in [0.1, 0.15) is 16.7 Å². The number of nitrogens with one attached hydrogen (secondary N) is 1. The minimum atomic E-state index is -0.518. The summed E-state index contributed by atoms with van der Waals surface area (Å²) >= 11 is 0. The second-order valence-electron chi connectivity index (χ2n) is 5.40. The molecule has 0 aliphatic rings. The Hall–Kier alpha value is -1.84. The number of hydrogen-bond acceptors (Lipinski definition) is 3. The van der Waals surface area contributed by atoms with E-state index in [-0.39, 0.29) is 0 Å². The van der Waals surface area contributed by atoms with Crippen LogP contribution in [0.4, 0.5) is 0 Å². The molecule has 3 nitrogen and oxygen atoms in total. The van der Waals surface area contributed by atoms with Gasteiger partial charge in [-0.3, -0.25) is 0 Å². The first kappa shape index (κ1) is 15.5. The molecule has 0 spiro atoms. The van der Waals surface area contributed by atoms with Crippen molar-refractivity contribution in [1.82, 2.24) is 5.32 Å². The molecule has 0 fully saturated rings. The minimum Gasteiger partial charge on any atom is -0.491 e. The second-order valence-corrected chi connectivity index (χ2v) is 5.40. The molecule has 0 amide bonds. The molecular weight excluding hydrogens is 262 g/mol. The van der Waals surface area contributed by atoms with Gasteiger partial charge in [-0.05, 0) is 37.1 Å². The van der Waals surface area contributed by atoms with Gasteiger partial charge in [-0.15, -0.1) is 0 Å². The maximum absolute atomic E-state index is 9.91. The predicted octanol–water partition coefficient (Wildman–Crippen LogP) is 2.83. The largest absolute Gasteiger partial charge is 0.491 e. The highest BCUT2D eigenvalue weighted by atomic mass is 16.5. The van der Waals surface area contributed by atoms with Crippen LogP contribution in [0.5, 0.6) is 5.75 Å². The molecule has 3 heteroatoms. The zero-order valence-corrected chi connectivity index (χ0v) is 12.7. The van der Waals surface area contributed by atoms with Gasteiger partial charge in [0.1, 0.15) is 18.5 Å². The summed E-state index contributed by atoms with van der Waals surface area (Å²) in [7, 11) is 0. The van der Waals surface area contributed by atoms with Gasteiger partial charge in [0.15, 0.2) is 0 Å². The molecule has 0 bridgehead atoms. The summed E-state index contributed by atoms with van der Waals surface area (Å²) in [6, 6.07) is 16.2. The maximum atomic E-state index is 9.91. The summed E-state index contributed by atoms with van der Waals surface area (Å²) in [5.41, 5.74) is 3.62. The molecular formula is C18H23NO2. The van der Waals surface area contributed by atoms with E-state index >= 15 is 0 Å². The summed E-state index contributed by atoms with van der Waals surface area (Å²) in [6.07, 6.45) is -0.518. The Bertz CT molecular complexity index is 551. The lowest BCUT2D eigenvalue weighted by Gasteiger charge is -2.13. The maximum Gasteiger partial charge on any atom is 0.119 e. The van der Waals surface area contributed by atoms with Crippen molar-refractivity contribution in [2.45, 2.75) is 26.5 Å². The van der Waals surface area contributed by atoms with E-state index in [0.717, 1.165) is 17.9 Å². The van der Waals surface area contributed by atoms with Gasteiger partial charge in [0.2, 0.25) is 0 Å². The van der Waals surface area contributed by atoms with Crippen molar-refractivity contribution in [1.29, 1.82) is 0 Å². The number of aliphatic hydroxyl groups is 1. The van der Waals surface area contributed by atoms with Crippen molar-refractivity contribution in [3.05, 3.63) is 65.2 Å². The summed E-state index contributed by atoms with van der Waals surface area (Å²) in [5.74, 6) is 0.799. The summed E-state index contributed by atoms with van der Waals surface area (Å²) in [5, 5.41) is 13.2. The van der Waals surface area contributed by atoms with Crippen LogP contribution in [0.2, 0.25) is 0 Å². The molecule has 0 saturated carbocycles. The van der Waals surface area contributed by atoms with E-state index in [0.29, 0.717) is 13.2 Å². The fourth-order valence-corrected chi connectivity index (χ4v) is 2.05. The predicted molar refractivity (Wildman–Crippen MR) is 85.6 cm³/mol.